The van der Waals surface area contributed by atoms with Gasteiger partial charge in [-0.3, -0.25) is 0 Å². The van der Waals surface area contributed by atoms with Crippen molar-refractivity contribution in [2.75, 3.05) is 0 Å². The summed E-state index contributed by atoms with van der Waals surface area (Å²) in [7, 11) is 0. The molecule has 0 spiro atoms. The molecule has 0 aromatic rings. The normalized spacial score (nSPS) is 17.2. The molecular weight excluding hydrogens is 399 g/mol. The van der Waals surface area contributed by atoms with Crippen molar-refractivity contribution in [3.8, 4) is 0 Å². The van der Waals surface area contributed by atoms with Gasteiger partial charge in [0.1, 0.15) is 11.9 Å². The van der Waals surface area contributed by atoms with Crippen LogP contribution in [0.25, 0.3) is 0 Å². The van der Waals surface area contributed by atoms with Crippen LogP contribution in [-0.2, 0) is 9.59 Å². The van der Waals surface area contributed by atoms with E-state index in [2.05, 4.69) is 23.2 Å². The first kappa shape index (κ1) is 26.1. The molecule has 0 aliphatic carbocycles. The van der Waals surface area contributed by atoms with Gasteiger partial charge in [0.15, 0.2) is 0 Å². The molecule has 0 aliphatic heterocycles. The third kappa shape index (κ3) is 7.35. The quantitative estimate of drug-likeness (QED) is 0.373. The number of aliphatic carboxylic acids is 2. The molecule has 0 heterocycles. The fourth-order valence-electron chi connectivity index (χ4n) is 0.231. The first-order chi connectivity index (χ1) is 8.39. The van der Waals surface area contributed by atoms with E-state index in [1.165, 1.54) is 0 Å². The zero-order chi connectivity index (χ0) is 17.2. The van der Waals surface area contributed by atoms with Gasteiger partial charge in [0, 0.05) is 0 Å². The van der Waals surface area contributed by atoms with Crippen LogP contribution in [0.4, 0.5) is 35.1 Å². The molecule has 0 amide bonds. The Kier molecular flexibility index (Phi) is 10.2. The van der Waals surface area contributed by atoms with Crippen molar-refractivity contribution in [3.63, 3.8) is 0 Å². The Bertz CT molecular complexity index is 344. The van der Waals surface area contributed by atoms with Crippen LogP contribution in [0.5, 0.6) is 0 Å². The first-order valence-corrected chi connectivity index (χ1v) is 4.46. The van der Waals surface area contributed by atoms with Crippen LogP contribution in [0.15, 0.2) is 0 Å². The van der Waals surface area contributed by atoms with Crippen LogP contribution in [0.2, 0.25) is 0 Å². The number of hydrogen-bond acceptors (Lipinski definition) is 4. The van der Waals surface area contributed by atoms with E-state index >= 15 is 0 Å². The van der Waals surface area contributed by atoms with Gasteiger partial charge in [-0.25, -0.2) is 8.78 Å². The SMILES string of the molecule is O=C([O-])C(F)(Cl)C(F)(F)F.O=C([O-])C(F)(Cl)C(F)(F)F.[Ca+2]. The molecule has 0 bridgehead atoms. The van der Waals surface area contributed by atoms with Crippen molar-refractivity contribution in [1.82, 2.24) is 0 Å². The minimum absolute atomic E-state index is 0. The standard InChI is InChI=1S/2C3HClF4O2.Ca/c2*4-2(5,1(9)10)3(6,7)8;/h2*(H,9,10);/q;;+2/p-2. The predicted molar refractivity (Wildman–Crippen MR) is 47.3 cm³/mol. The van der Waals surface area contributed by atoms with Crippen LogP contribution in [0.3, 0.4) is 0 Å². The number of carbonyl (C=O) groups excluding carboxylic acids is 2. The first-order valence-electron chi connectivity index (χ1n) is 3.71. The van der Waals surface area contributed by atoms with Crippen LogP contribution in [0.1, 0.15) is 0 Å². The van der Waals surface area contributed by atoms with E-state index in [1.807, 2.05) is 0 Å². The van der Waals surface area contributed by atoms with Gasteiger partial charge < -0.3 is 19.8 Å². The van der Waals surface area contributed by atoms with Gasteiger partial charge in [-0.1, -0.05) is 23.2 Å². The summed E-state index contributed by atoms with van der Waals surface area (Å²) < 4.78 is 90.3. The van der Waals surface area contributed by atoms with Crippen LogP contribution < -0.4 is 10.2 Å². The number of rotatable bonds is 2. The Morgan fingerprint density at radius 2 is 0.810 bits per heavy atom. The van der Waals surface area contributed by atoms with Crippen LogP contribution in [-0.4, -0.2) is 72.3 Å². The second-order valence-electron chi connectivity index (χ2n) is 2.72. The fourth-order valence-corrected chi connectivity index (χ4v) is 0.231. The molecule has 0 N–H and O–H groups in total. The van der Waals surface area contributed by atoms with Gasteiger partial charge in [0.2, 0.25) is 0 Å². The van der Waals surface area contributed by atoms with E-state index in [1.54, 1.807) is 0 Å². The molecule has 0 rings (SSSR count). The van der Waals surface area contributed by atoms with E-state index < -0.39 is 34.5 Å². The molecule has 0 aromatic carbocycles. The number of alkyl halides is 10. The molecule has 2 atom stereocenters. The maximum Gasteiger partial charge on any atom is 2.00 e. The summed E-state index contributed by atoms with van der Waals surface area (Å²) >= 11 is 7.79. The zero-order valence-corrected chi connectivity index (χ0v) is 12.8. The Hall–Kier alpha value is 0.220. The maximum atomic E-state index is 11.7. The fraction of sp³-hybridized carbons (Fsp3) is 0.667. The Balaban J connectivity index is -0.000000295. The van der Waals surface area contributed by atoms with Crippen molar-refractivity contribution in [1.29, 1.82) is 0 Å². The second kappa shape index (κ2) is 8.18. The monoisotopic (exact) mass is 398 g/mol. The molecule has 120 valence electrons. The summed E-state index contributed by atoms with van der Waals surface area (Å²) in [5.41, 5.74) is 0. The van der Waals surface area contributed by atoms with Gasteiger partial charge in [-0.15, -0.1) is 0 Å². The van der Waals surface area contributed by atoms with Gasteiger partial charge in [0.05, 0.1) is 0 Å². The Morgan fingerprint density at radius 3 is 0.810 bits per heavy atom. The van der Waals surface area contributed by atoms with E-state index in [4.69, 9.17) is 0 Å². The molecule has 15 heteroatoms. The molecule has 0 saturated heterocycles. The predicted octanol–water partition coefficient (Wildman–Crippen LogP) is 0.0256. The maximum absolute atomic E-state index is 11.7. The molecule has 0 aliphatic rings. The summed E-state index contributed by atoms with van der Waals surface area (Å²) in [6, 6.07) is 0. The van der Waals surface area contributed by atoms with Crippen LogP contribution in [0, 0.1) is 0 Å². The Morgan fingerprint density at radius 1 is 0.667 bits per heavy atom. The average Bonchev–Trinajstić information content (AvgIpc) is 2.14. The van der Waals surface area contributed by atoms with E-state index in [9.17, 15) is 54.9 Å². The number of hydrogen-bond donors (Lipinski definition) is 0. The van der Waals surface area contributed by atoms with E-state index in [0.29, 0.717) is 0 Å². The third-order valence-corrected chi connectivity index (χ3v) is 1.96. The third-order valence-electron chi connectivity index (χ3n) is 1.22. The minimum Gasteiger partial charge on any atom is -0.545 e. The van der Waals surface area contributed by atoms with Gasteiger partial charge >= 0.3 is 60.3 Å². The molecule has 21 heavy (non-hydrogen) atoms. The zero-order valence-electron chi connectivity index (χ0n) is 9.12. The molecular formula is C6CaCl2F8O4. The summed E-state index contributed by atoms with van der Waals surface area (Å²) in [4.78, 5) is 18.7. The van der Waals surface area contributed by atoms with Gasteiger partial charge in [-0.05, 0) is 0 Å². The summed E-state index contributed by atoms with van der Waals surface area (Å²) in [6.07, 6.45) is -11.3. The average molecular weight is 399 g/mol. The second-order valence-corrected chi connectivity index (χ2v) is 3.76. The van der Waals surface area contributed by atoms with Crippen molar-refractivity contribution in [2.45, 2.75) is 22.6 Å². The smallest absolute Gasteiger partial charge is 0.545 e. The van der Waals surface area contributed by atoms with Crippen molar-refractivity contribution >= 4 is 72.9 Å². The summed E-state index contributed by atoms with van der Waals surface area (Å²) in [5, 5.41) is 9.09. The number of carboxylic acids is 2. The van der Waals surface area contributed by atoms with Crippen LogP contribution >= 0.6 is 23.2 Å². The van der Waals surface area contributed by atoms with Crippen molar-refractivity contribution in [3.05, 3.63) is 0 Å². The van der Waals surface area contributed by atoms with Crippen molar-refractivity contribution in [2.24, 2.45) is 0 Å². The summed E-state index contributed by atoms with van der Waals surface area (Å²) in [6.45, 7) is 0. The minimum atomic E-state index is -5.65. The van der Waals surface area contributed by atoms with E-state index in [0.717, 1.165) is 0 Å². The Labute approximate surface area is 150 Å². The topological polar surface area (TPSA) is 80.3 Å². The van der Waals surface area contributed by atoms with Gasteiger partial charge in [0.25, 0.3) is 0 Å². The molecule has 0 aromatic heterocycles. The molecule has 2 unspecified atom stereocenters. The summed E-state index contributed by atoms with van der Waals surface area (Å²) in [5.74, 6) is -6.02. The van der Waals surface area contributed by atoms with Crippen molar-refractivity contribution < 1.29 is 54.9 Å². The largest absolute Gasteiger partial charge is 2.00 e. The molecule has 0 fully saturated rings. The number of halogens is 10. The van der Waals surface area contributed by atoms with E-state index in [-0.39, 0.29) is 37.7 Å². The molecule has 0 radical (unpaired) electrons. The number of carboxylic acid groups (broad SMARTS) is 2. The molecule has 4 nitrogen and oxygen atoms in total. The number of carbonyl (C=O) groups is 2. The van der Waals surface area contributed by atoms with Gasteiger partial charge in [-0.2, -0.15) is 26.3 Å². The molecule has 0 saturated carbocycles.